The van der Waals surface area contributed by atoms with Crippen LogP contribution in [0.25, 0.3) is 0 Å². The fourth-order valence-electron chi connectivity index (χ4n) is 0.940. The maximum Gasteiger partial charge on any atom is 0.350 e. The van der Waals surface area contributed by atoms with Gasteiger partial charge < -0.3 is 5.73 Å². The lowest BCUT2D eigenvalue weighted by molar-refractivity contribution is 0.201. The first-order chi connectivity index (χ1) is 4.29. The number of primary amides is 1. The first-order valence-electron chi connectivity index (χ1n) is 3.05. The van der Waals surface area contributed by atoms with Gasteiger partial charge in [0.05, 0.1) is 0 Å². The smallest absolute Gasteiger partial charge is 0.349 e. The predicted molar refractivity (Wildman–Crippen MR) is 32.5 cm³/mol. The van der Waals surface area contributed by atoms with Crippen LogP contribution in [0.15, 0.2) is 0 Å². The molecular weight excluding hydrogens is 118 g/mol. The molecule has 1 rings (SSSR count). The van der Waals surface area contributed by atoms with Gasteiger partial charge in [-0.25, -0.2) is 4.79 Å². The minimum atomic E-state index is -0.586. The summed E-state index contributed by atoms with van der Waals surface area (Å²) in [6.07, 6.45) is 2.24. The lowest BCUT2D eigenvalue weighted by atomic mass is 10.4. The van der Waals surface area contributed by atoms with Crippen LogP contribution in [0.5, 0.6) is 0 Å². The molecule has 0 saturated carbocycles. The Morgan fingerprint density at radius 2 is 2.00 bits per heavy atom. The number of hydrogen-bond acceptors (Lipinski definition) is 2. The molecule has 0 aromatic carbocycles. The highest BCUT2D eigenvalue weighted by atomic mass is 16.2. The topological polar surface area (TPSA) is 60.4 Å². The van der Waals surface area contributed by atoms with E-state index < -0.39 is 6.03 Å². The quantitative estimate of drug-likeness (QED) is 0.526. The van der Waals surface area contributed by atoms with E-state index in [9.17, 15) is 4.79 Å². The first kappa shape index (κ1) is 6.35. The second-order valence-electron chi connectivity index (χ2n) is 2.10. The minimum Gasteiger partial charge on any atom is -0.349 e. The molecule has 1 saturated heterocycles. The Morgan fingerprint density at radius 1 is 1.44 bits per heavy atom. The number of nitrogens with zero attached hydrogens (tertiary/aromatic N) is 2. The number of carbonyl (C=O) groups excluding carboxylic acids is 1. The van der Waals surface area contributed by atoms with Crippen LogP contribution >= 0.6 is 0 Å². The average Bonchev–Trinajstić information content (AvgIpc) is 2.15. The molecule has 0 unspecified atom stereocenters. The third-order valence-electron chi connectivity index (χ3n) is 1.32. The van der Waals surface area contributed by atoms with E-state index in [4.69, 9.17) is 5.73 Å². The Kier molecular flexibility index (Phi) is 1.89. The second-order valence-corrected chi connectivity index (χ2v) is 2.10. The Morgan fingerprint density at radius 3 is 2.44 bits per heavy atom. The summed E-state index contributed by atoms with van der Waals surface area (Å²) >= 11 is 0. The highest BCUT2D eigenvalue weighted by molar-refractivity contribution is 5.70. The van der Waals surface area contributed by atoms with Crippen LogP contribution in [0.4, 0.5) is 4.79 Å². The Balaban J connectivity index is 2.19. The van der Waals surface area contributed by atoms with Crippen molar-refractivity contribution < 1.29 is 4.79 Å². The van der Waals surface area contributed by atoms with Crippen molar-refractivity contribution in [3.8, 4) is 0 Å². The Labute approximate surface area is 54.0 Å². The van der Waals surface area contributed by atoms with Gasteiger partial charge in [-0.3, -0.25) is 0 Å². The number of rotatable bonds is 1. The molecule has 0 aromatic heterocycles. The molecule has 1 aliphatic heterocycles. The van der Waals surface area contributed by atoms with Crippen molar-refractivity contribution in [2.75, 3.05) is 13.1 Å². The summed E-state index contributed by atoms with van der Waals surface area (Å²) in [7, 11) is 0. The third-order valence-corrected chi connectivity index (χ3v) is 1.32. The van der Waals surface area contributed by atoms with E-state index >= 15 is 0 Å². The zero-order valence-corrected chi connectivity index (χ0v) is 5.21. The maximum atomic E-state index is 10.2. The molecule has 0 bridgehead atoms. The largest absolute Gasteiger partial charge is 0.350 e. The zero-order chi connectivity index (χ0) is 6.69. The molecule has 51 valence electrons. The van der Waals surface area contributed by atoms with Crippen LogP contribution in [0.2, 0.25) is 0 Å². The maximum absolute atomic E-state index is 10.2. The highest BCUT2D eigenvalue weighted by Crippen LogP contribution is 2.03. The molecule has 4 heteroatoms. The molecule has 2 N–H and O–H groups in total. The molecule has 1 fully saturated rings. The van der Waals surface area contributed by atoms with E-state index in [0.29, 0.717) is 0 Å². The van der Waals surface area contributed by atoms with E-state index in [2.05, 4.69) is 5.43 Å². The standard InChI is InChI=1S/C5H10N3O/c6-5(9)7-8-3-1-2-4-8/h1-4H2,(H2,6,9). The molecular formula is C5H10N3O. The van der Waals surface area contributed by atoms with E-state index in [1.165, 1.54) is 0 Å². The minimum absolute atomic E-state index is 0.586. The van der Waals surface area contributed by atoms with E-state index in [1.807, 2.05) is 0 Å². The van der Waals surface area contributed by atoms with Crippen molar-refractivity contribution in [2.24, 2.45) is 5.73 Å². The third kappa shape index (κ3) is 1.89. The van der Waals surface area contributed by atoms with Crippen molar-refractivity contribution in [3.05, 3.63) is 0 Å². The second kappa shape index (κ2) is 2.68. The molecule has 0 aliphatic carbocycles. The van der Waals surface area contributed by atoms with E-state index in [-0.39, 0.29) is 0 Å². The average molecular weight is 128 g/mol. The predicted octanol–water partition coefficient (Wildman–Crippen LogP) is -0.320. The van der Waals surface area contributed by atoms with Crippen molar-refractivity contribution in [2.45, 2.75) is 12.8 Å². The summed E-state index contributed by atoms with van der Waals surface area (Å²) in [6.45, 7) is 1.76. The molecule has 2 amide bonds. The van der Waals surface area contributed by atoms with Crippen LogP contribution < -0.4 is 11.2 Å². The van der Waals surface area contributed by atoms with Crippen LogP contribution in [-0.2, 0) is 0 Å². The van der Waals surface area contributed by atoms with Gasteiger partial charge in [-0.2, -0.15) is 5.01 Å². The van der Waals surface area contributed by atoms with E-state index in [1.54, 1.807) is 5.01 Å². The van der Waals surface area contributed by atoms with Gasteiger partial charge in [0.2, 0.25) is 0 Å². The Bertz CT molecular complexity index is 109. The van der Waals surface area contributed by atoms with Crippen molar-refractivity contribution in [3.63, 3.8) is 0 Å². The Hall–Kier alpha value is -0.770. The SMILES string of the molecule is NC(=O)[N]N1CCCC1. The van der Waals surface area contributed by atoms with Crippen molar-refractivity contribution in [1.29, 1.82) is 0 Å². The molecule has 0 aromatic rings. The molecule has 1 aliphatic rings. The van der Waals surface area contributed by atoms with E-state index in [0.717, 1.165) is 25.9 Å². The summed E-state index contributed by atoms with van der Waals surface area (Å²) in [5.74, 6) is 0. The number of urea groups is 1. The van der Waals surface area contributed by atoms with Gasteiger partial charge in [-0.15, -0.1) is 5.43 Å². The van der Waals surface area contributed by atoms with Gasteiger partial charge in [0.15, 0.2) is 0 Å². The van der Waals surface area contributed by atoms with Gasteiger partial charge in [0, 0.05) is 13.1 Å². The van der Waals surface area contributed by atoms with Crippen molar-refractivity contribution >= 4 is 6.03 Å². The summed E-state index contributed by atoms with van der Waals surface area (Å²) in [5, 5.41) is 1.71. The summed E-state index contributed by atoms with van der Waals surface area (Å²) in [6, 6.07) is -0.586. The molecule has 1 heterocycles. The van der Waals surface area contributed by atoms with Crippen LogP contribution in [0.1, 0.15) is 12.8 Å². The van der Waals surface area contributed by atoms with Crippen molar-refractivity contribution in [1.82, 2.24) is 10.4 Å². The van der Waals surface area contributed by atoms with Crippen LogP contribution in [0.3, 0.4) is 0 Å². The molecule has 0 atom stereocenters. The molecule has 0 spiro atoms. The fourth-order valence-corrected chi connectivity index (χ4v) is 0.940. The van der Waals surface area contributed by atoms with Gasteiger partial charge in [0.25, 0.3) is 0 Å². The first-order valence-corrected chi connectivity index (χ1v) is 3.05. The number of nitrogens with two attached hydrogens (primary N) is 1. The number of carbonyl (C=O) groups is 1. The number of amides is 2. The highest BCUT2D eigenvalue weighted by Gasteiger charge is 2.13. The van der Waals surface area contributed by atoms with Gasteiger partial charge in [0.1, 0.15) is 0 Å². The molecule has 4 nitrogen and oxygen atoms in total. The summed E-state index contributed by atoms with van der Waals surface area (Å²) < 4.78 is 0. The van der Waals surface area contributed by atoms with Gasteiger partial charge in [-0.1, -0.05) is 0 Å². The monoisotopic (exact) mass is 128 g/mol. The van der Waals surface area contributed by atoms with Gasteiger partial charge >= 0.3 is 6.03 Å². The lowest BCUT2D eigenvalue weighted by Crippen LogP contribution is -2.36. The van der Waals surface area contributed by atoms with Crippen LogP contribution in [0, 0.1) is 0 Å². The summed E-state index contributed by atoms with van der Waals surface area (Å²) in [5.41, 5.74) is 8.37. The fraction of sp³-hybridized carbons (Fsp3) is 0.800. The van der Waals surface area contributed by atoms with Crippen LogP contribution in [-0.4, -0.2) is 24.1 Å². The number of hydrogen-bond donors (Lipinski definition) is 1. The lowest BCUT2D eigenvalue weighted by Gasteiger charge is -2.08. The molecule has 9 heavy (non-hydrogen) atoms. The van der Waals surface area contributed by atoms with Gasteiger partial charge in [-0.05, 0) is 12.8 Å². The molecule has 1 radical (unpaired) electrons. The summed E-state index contributed by atoms with van der Waals surface area (Å²) in [4.78, 5) is 10.2. The normalized spacial score (nSPS) is 20.0. The zero-order valence-electron chi connectivity index (χ0n) is 5.21.